The van der Waals surface area contributed by atoms with Gasteiger partial charge in [-0.3, -0.25) is 9.59 Å². The fourth-order valence-electron chi connectivity index (χ4n) is 2.40. The van der Waals surface area contributed by atoms with Crippen LogP contribution in [0.4, 0.5) is 0 Å². The molecule has 144 valence electrons. The van der Waals surface area contributed by atoms with E-state index in [2.05, 4.69) is 0 Å². The molecule has 27 heavy (non-hydrogen) atoms. The number of hydrazine groups is 1. The summed E-state index contributed by atoms with van der Waals surface area (Å²) >= 11 is 24.3. The van der Waals surface area contributed by atoms with Crippen molar-refractivity contribution in [2.75, 3.05) is 0 Å². The molecule has 0 heterocycles. The SMILES string of the molecule is Cc1ccc(C(=O)CC(C)(C)N(Cl)N(Cl)C(=O)c2cc(Cl)cc(Cl)c2)cc1. The van der Waals surface area contributed by atoms with Crippen molar-refractivity contribution in [3.05, 3.63) is 69.2 Å². The van der Waals surface area contributed by atoms with Crippen LogP contribution in [0.15, 0.2) is 42.5 Å². The Hall–Kier alpha value is -1.30. The second kappa shape index (κ2) is 8.80. The molecule has 0 atom stereocenters. The largest absolute Gasteiger partial charge is 0.294 e. The van der Waals surface area contributed by atoms with Crippen LogP contribution < -0.4 is 0 Å². The summed E-state index contributed by atoms with van der Waals surface area (Å²) in [6.07, 6.45) is 0.0480. The van der Waals surface area contributed by atoms with Gasteiger partial charge in [-0.25, -0.2) is 0 Å². The minimum atomic E-state index is -0.941. The lowest BCUT2D eigenvalue weighted by Crippen LogP contribution is -2.48. The van der Waals surface area contributed by atoms with Gasteiger partial charge < -0.3 is 0 Å². The average Bonchev–Trinajstić information content (AvgIpc) is 2.59. The highest BCUT2D eigenvalue weighted by atomic mass is 35.5. The molecule has 0 N–H and O–H groups in total. The fourth-order valence-corrected chi connectivity index (χ4v) is 3.36. The number of carbonyl (C=O) groups excluding carboxylic acids is 2. The van der Waals surface area contributed by atoms with Gasteiger partial charge >= 0.3 is 0 Å². The molecule has 2 rings (SSSR count). The maximum absolute atomic E-state index is 12.6. The number of halogens is 4. The van der Waals surface area contributed by atoms with Gasteiger partial charge in [-0.2, -0.15) is 4.53 Å². The molecule has 0 saturated heterocycles. The summed E-state index contributed by atoms with van der Waals surface area (Å²) in [5.74, 6) is -0.735. The van der Waals surface area contributed by atoms with Crippen LogP contribution in [0.2, 0.25) is 10.0 Å². The second-order valence-electron chi connectivity index (χ2n) is 6.76. The number of benzene rings is 2. The third-order valence-corrected chi connectivity index (χ3v) is 5.32. The standard InChI is InChI=1S/C19H18Cl4N2O2/c1-12-4-6-13(7-5-12)17(26)11-19(2,3)25(23)24(22)18(27)14-8-15(20)10-16(21)9-14/h4-10H,11H2,1-3H3. The molecule has 0 aliphatic heterocycles. The lowest BCUT2D eigenvalue weighted by Gasteiger charge is -2.35. The molecule has 0 aromatic heterocycles. The topological polar surface area (TPSA) is 40.6 Å². The van der Waals surface area contributed by atoms with E-state index in [1.807, 2.05) is 19.1 Å². The van der Waals surface area contributed by atoms with Crippen LogP contribution in [0, 0.1) is 6.92 Å². The normalized spacial score (nSPS) is 11.6. The van der Waals surface area contributed by atoms with Crippen LogP contribution in [0.25, 0.3) is 0 Å². The number of hydrogen-bond donors (Lipinski definition) is 0. The van der Waals surface area contributed by atoms with E-state index in [0.717, 1.165) is 10.1 Å². The molecule has 0 aliphatic carbocycles. The van der Waals surface area contributed by atoms with Crippen LogP contribution in [-0.4, -0.2) is 26.3 Å². The van der Waals surface area contributed by atoms with Crippen molar-refractivity contribution in [1.29, 1.82) is 0 Å². The first-order valence-electron chi connectivity index (χ1n) is 8.03. The van der Waals surface area contributed by atoms with Gasteiger partial charge in [0, 0.05) is 51.1 Å². The number of rotatable bonds is 6. The number of amides is 1. The molecular weight excluding hydrogens is 430 g/mol. The van der Waals surface area contributed by atoms with E-state index in [4.69, 9.17) is 46.8 Å². The molecular formula is C19H18Cl4N2O2. The van der Waals surface area contributed by atoms with Crippen LogP contribution in [0.3, 0.4) is 0 Å². The molecule has 0 unspecified atom stereocenters. The van der Waals surface area contributed by atoms with E-state index in [1.54, 1.807) is 26.0 Å². The van der Waals surface area contributed by atoms with E-state index in [1.165, 1.54) is 18.2 Å². The van der Waals surface area contributed by atoms with Crippen molar-refractivity contribution in [3.63, 3.8) is 0 Å². The predicted molar refractivity (Wildman–Crippen MR) is 110 cm³/mol. The van der Waals surface area contributed by atoms with Crippen LogP contribution >= 0.6 is 46.8 Å². The van der Waals surface area contributed by atoms with Gasteiger partial charge in [0.25, 0.3) is 5.91 Å². The summed E-state index contributed by atoms with van der Waals surface area (Å²) in [6, 6.07) is 11.6. The zero-order chi connectivity index (χ0) is 20.4. The molecule has 8 heteroatoms. The third kappa shape index (κ3) is 5.59. The molecule has 0 saturated carbocycles. The number of Topliss-reactive ketones (excluding diaryl/α,β-unsaturated/α-hetero) is 1. The van der Waals surface area contributed by atoms with E-state index in [0.29, 0.717) is 20.1 Å². The van der Waals surface area contributed by atoms with Gasteiger partial charge in [0.2, 0.25) is 0 Å². The van der Waals surface area contributed by atoms with E-state index >= 15 is 0 Å². The number of carbonyl (C=O) groups is 2. The quantitative estimate of drug-likeness (QED) is 0.295. The van der Waals surface area contributed by atoms with Crippen molar-refractivity contribution in [1.82, 2.24) is 9.06 Å². The zero-order valence-electron chi connectivity index (χ0n) is 15.0. The minimum absolute atomic E-state index is 0.0480. The Morgan fingerprint density at radius 1 is 0.926 bits per heavy atom. The molecule has 1 amide bonds. The molecule has 2 aromatic carbocycles. The summed E-state index contributed by atoms with van der Waals surface area (Å²) in [6.45, 7) is 5.36. The smallest absolute Gasteiger partial charge is 0.284 e. The van der Waals surface area contributed by atoms with Gasteiger partial charge in [0.05, 0.1) is 5.54 Å². The molecule has 0 radical (unpaired) electrons. The van der Waals surface area contributed by atoms with Gasteiger partial charge in [-0.15, -0.1) is 4.53 Å². The van der Waals surface area contributed by atoms with E-state index < -0.39 is 11.4 Å². The van der Waals surface area contributed by atoms with E-state index in [9.17, 15) is 9.59 Å². The molecule has 0 bridgehead atoms. The van der Waals surface area contributed by atoms with Gasteiger partial charge in [0.15, 0.2) is 5.78 Å². The Balaban J connectivity index is 2.15. The Labute approximate surface area is 178 Å². The van der Waals surface area contributed by atoms with Crippen molar-refractivity contribution in [3.8, 4) is 0 Å². The molecule has 2 aromatic rings. The summed E-state index contributed by atoms with van der Waals surface area (Å²) in [7, 11) is 0. The lowest BCUT2D eigenvalue weighted by atomic mass is 9.94. The van der Waals surface area contributed by atoms with Crippen molar-refractivity contribution >= 4 is 58.4 Å². The van der Waals surface area contributed by atoms with Crippen molar-refractivity contribution < 1.29 is 9.59 Å². The summed E-state index contributed by atoms with van der Waals surface area (Å²) in [4.78, 5) is 25.2. The number of aryl methyl sites for hydroxylation is 1. The van der Waals surface area contributed by atoms with Crippen LogP contribution in [0.5, 0.6) is 0 Å². The summed E-state index contributed by atoms with van der Waals surface area (Å²) < 4.78 is 1.71. The first-order chi connectivity index (χ1) is 12.5. The fraction of sp³-hybridized carbons (Fsp3) is 0.263. The molecule has 0 spiro atoms. The Morgan fingerprint density at radius 3 is 1.96 bits per heavy atom. The predicted octanol–water partition coefficient (Wildman–Crippen LogP) is 6.32. The maximum atomic E-state index is 12.6. The third-order valence-electron chi connectivity index (χ3n) is 3.90. The Bertz CT molecular complexity index is 833. The highest BCUT2D eigenvalue weighted by molar-refractivity contribution is 6.35. The monoisotopic (exact) mass is 446 g/mol. The molecule has 0 fully saturated rings. The Kier molecular flexibility index (Phi) is 7.17. The second-order valence-corrected chi connectivity index (χ2v) is 8.28. The highest BCUT2D eigenvalue weighted by Crippen LogP contribution is 2.29. The first-order valence-corrected chi connectivity index (χ1v) is 9.46. The van der Waals surface area contributed by atoms with Crippen molar-refractivity contribution in [2.45, 2.75) is 32.7 Å². The maximum Gasteiger partial charge on any atom is 0.284 e. The van der Waals surface area contributed by atoms with Crippen LogP contribution in [0.1, 0.15) is 46.5 Å². The number of nitrogens with zero attached hydrogens (tertiary/aromatic N) is 2. The molecule has 4 nitrogen and oxygen atoms in total. The van der Waals surface area contributed by atoms with E-state index in [-0.39, 0.29) is 17.8 Å². The summed E-state index contributed by atoms with van der Waals surface area (Å²) in [5.41, 5.74) is 0.854. The van der Waals surface area contributed by atoms with Gasteiger partial charge in [-0.05, 0) is 39.0 Å². The minimum Gasteiger partial charge on any atom is -0.294 e. The number of ketones is 1. The van der Waals surface area contributed by atoms with Gasteiger partial charge in [0.1, 0.15) is 0 Å². The Morgan fingerprint density at radius 2 is 1.44 bits per heavy atom. The van der Waals surface area contributed by atoms with Crippen LogP contribution in [-0.2, 0) is 0 Å². The molecule has 0 aliphatic rings. The average molecular weight is 448 g/mol. The zero-order valence-corrected chi connectivity index (χ0v) is 18.0. The van der Waals surface area contributed by atoms with Crippen molar-refractivity contribution in [2.24, 2.45) is 0 Å². The van der Waals surface area contributed by atoms with Gasteiger partial charge in [-0.1, -0.05) is 53.0 Å². The highest BCUT2D eigenvalue weighted by Gasteiger charge is 2.35. The number of hydrogen-bond acceptors (Lipinski definition) is 3. The lowest BCUT2D eigenvalue weighted by molar-refractivity contribution is 0.0374. The summed E-state index contributed by atoms with van der Waals surface area (Å²) in [5, 5.41) is 0.594. The first kappa shape index (κ1) is 22.0.